The first-order chi connectivity index (χ1) is 9.58. The van der Waals surface area contributed by atoms with Gasteiger partial charge in [-0.05, 0) is 36.5 Å². The van der Waals surface area contributed by atoms with Crippen molar-refractivity contribution >= 4 is 23.2 Å². The molecular formula is C16H21Cl2NO. The smallest absolute Gasteiger partial charge is 0.0957 e. The van der Waals surface area contributed by atoms with Crippen LogP contribution in [0.2, 0.25) is 10.0 Å². The van der Waals surface area contributed by atoms with Gasteiger partial charge in [0.05, 0.1) is 21.8 Å². The van der Waals surface area contributed by atoms with Gasteiger partial charge in [-0.1, -0.05) is 49.0 Å². The molecular weight excluding hydrogens is 293 g/mol. The lowest BCUT2D eigenvalue weighted by Crippen LogP contribution is -2.52. The monoisotopic (exact) mass is 313 g/mol. The molecule has 2 fully saturated rings. The van der Waals surface area contributed by atoms with E-state index in [1.54, 1.807) is 0 Å². The Bertz CT molecular complexity index is 489. The normalized spacial score (nSPS) is 34.4. The van der Waals surface area contributed by atoms with E-state index in [1.165, 1.54) is 12.8 Å². The van der Waals surface area contributed by atoms with Crippen LogP contribution >= 0.6 is 23.2 Å². The SMILES string of the molecule is CC1CCCC2(CNCC(c3ccc(Cl)c(Cl)c3)O2)C1. The maximum Gasteiger partial charge on any atom is 0.0957 e. The van der Waals surface area contributed by atoms with Crippen LogP contribution in [-0.4, -0.2) is 18.7 Å². The largest absolute Gasteiger partial charge is 0.364 e. The molecule has 1 aromatic rings. The van der Waals surface area contributed by atoms with Crippen LogP contribution in [-0.2, 0) is 4.74 Å². The number of hydrogen-bond donors (Lipinski definition) is 1. The summed E-state index contributed by atoms with van der Waals surface area (Å²) in [5.41, 5.74) is 1.12. The van der Waals surface area contributed by atoms with Crippen molar-refractivity contribution in [2.75, 3.05) is 13.1 Å². The van der Waals surface area contributed by atoms with Crippen LogP contribution in [0.1, 0.15) is 44.3 Å². The van der Waals surface area contributed by atoms with Crippen LogP contribution in [0, 0.1) is 5.92 Å². The zero-order valence-corrected chi connectivity index (χ0v) is 13.3. The van der Waals surface area contributed by atoms with Gasteiger partial charge in [0.2, 0.25) is 0 Å². The fourth-order valence-corrected chi connectivity index (χ4v) is 3.90. The van der Waals surface area contributed by atoms with Crippen molar-refractivity contribution in [1.82, 2.24) is 5.32 Å². The Labute approximate surface area is 130 Å². The molecule has 2 nitrogen and oxygen atoms in total. The minimum absolute atomic E-state index is 0.00664. The molecule has 1 aliphatic heterocycles. The number of morpholine rings is 1. The molecule has 1 aromatic carbocycles. The van der Waals surface area contributed by atoms with Gasteiger partial charge in [-0.15, -0.1) is 0 Å². The molecule has 0 aromatic heterocycles. The van der Waals surface area contributed by atoms with Gasteiger partial charge in [0.15, 0.2) is 0 Å². The van der Waals surface area contributed by atoms with Gasteiger partial charge < -0.3 is 10.1 Å². The van der Waals surface area contributed by atoms with Gasteiger partial charge >= 0.3 is 0 Å². The maximum atomic E-state index is 6.50. The zero-order valence-electron chi connectivity index (χ0n) is 11.8. The van der Waals surface area contributed by atoms with E-state index in [9.17, 15) is 0 Å². The van der Waals surface area contributed by atoms with E-state index in [4.69, 9.17) is 27.9 Å². The van der Waals surface area contributed by atoms with Gasteiger partial charge in [0.1, 0.15) is 0 Å². The van der Waals surface area contributed by atoms with Gasteiger partial charge in [-0.2, -0.15) is 0 Å². The van der Waals surface area contributed by atoms with Crippen molar-refractivity contribution in [2.45, 2.75) is 44.3 Å². The average Bonchev–Trinajstić information content (AvgIpc) is 2.42. The van der Waals surface area contributed by atoms with Crippen molar-refractivity contribution in [1.29, 1.82) is 0 Å². The molecule has 1 saturated heterocycles. The highest BCUT2D eigenvalue weighted by molar-refractivity contribution is 6.42. The van der Waals surface area contributed by atoms with Crippen LogP contribution in [0.4, 0.5) is 0 Å². The Hall–Kier alpha value is -0.280. The molecule has 1 N–H and O–H groups in total. The summed E-state index contributed by atoms with van der Waals surface area (Å²) in [5.74, 6) is 0.748. The summed E-state index contributed by atoms with van der Waals surface area (Å²) in [7, 11) is 0. The molecule has 0 bridgehead atoms. The quantitative estimate of drug-likeness (QED) is 0.818. The Morgan fingerprint density at radius 2 is 2.15 bits per heavy atom. The van der Waals surface area contributed by atoms with Crippen LogP contribution in [0.15, 0.2) is 18.2 Å². The van der Waals surface area contributed by atoms with Gasteiger partial charge in [0, 0.05) is 13.1 Å². The van der Waals surface area contributed by atoms with E-state index in [-0.39, 0.29) is 11.7 Å². The summed E-state index contributed by atoms with van der Waals surface area (Å²) < 4.78 is 6.50. The first-order valence-corrected chi connectivity index (χ1v) is 8.17. The molecule has 1 spiro atoms. The van der Waals surface area contributed by atoms with E-state index >= 15 is 0 Å². The van der Waals surface area contributed by atoms with Crippen molar-refractivity contribution in [3.8, 4) is 0 Å². The molecule has 3 unspecified atom stereocenters. The minimum atomic E-state index is 0.00664. The highest BCUT2D eigenvalue weighted by Crippen LogP contribution is 2.40. The van der Waals surface area contributed by atoms with E-state index < -0.39 is 0 Å². The molecule has 1 heterocycles. The summed E-state index contributed by atoms with van der Waals surface area (Å²) in [6.45, 7) is 4.14. The predicted molar refractivity (Wildman–Crippen MR) is 83.5 cm³/mol. The number of benzene rings is 1. The third kappa shape index (κ3) is 2.99. The van der Waals surface area contributed by atoms with Crippen molar-refractivity contribution in [2.24, 2.45) is 5.92 Å². The Morgan fingerprint density at radius 1 is 1.30 bits per heavy atom. The van der Waals surface area contributed by atoms with E-state index in [2.05, 4.69) is 12.2 Å². The van der Waals surface area contributed by atoms with E-state index in [1.807, 2.05) is 18.2 Å². The minimum Gasteiger partial charge on any atom is -0.364 e. The summed E-state index contributed by atoms with van der Waals surface area (Å²) in [6.07, 6.45) is 4.96. The molecule has 110 valence electrons. The summed E-state index contributed by atoms with van der Waals surface area (Å²) >= 11 is 12.1. The third-order valence-electron chi connectivity index (χ3n) is 4.53. The van der Waals surface area contributed by atoms with Crippen LogP contribution in [0.5, 0.6) is 0 Å². The highest BCUT2D eigenvalue weighted by Gasteiger charge is 2.40. The second-order valence-corrected chi connectivity index (χ2v) is 7.11. The number of ether oxygens (including phenoxy) is 1. The third-order valence-corrected chi connectivity index (χ3v) is 5.27. The molecule has 2 aliphatic rings. The van der Waals surface area contributed by atoms with Crippen molar-refractivity contribution in [3.63, 3.8) is 0 Å². The molecule has 4 heteroatoms. The lowest BCUT2D eigenvalue weighted by Gasteiger charge is -2.46. The summed E-state index contributed by atoms with van der Waals surface area (Å²) in [5, 5.41) is 4.75. The number of halogens is 2. The molecule has 3 rings (SSSR count). The predicted octanol–water partition coefficient (Wildman–Crippen LogP) is 4.60. The molecule has 20 heavy (non-hydrogen) atoms. The van der Waals surface area contributed by atoms with Crippen LogP contribution in [0.3, 0.4) is 0 Å². The first kappa shape index (κ1) is 14.6. The molecule has 1 saturated carbocycles. The zero-order chi connectivity index (χ0) is 14.2. The van der Waals surface area contributed by atoms with Crippen LogP contribution in [0.25, 0.3) is 0 Å². The molecule has 1 aliphatic carbocycles. The van der Waals surface area contributed by atoms with Gasteiger partial charge in [0.25, 0.3) is 0 Å². The van der Waals surface area contributed by atoms with Gasteiger partial charge in [-0.3, -0.25) is 0 Å². The second-order valence-electron chi connectivity index (χ2n) is 6.30. The number of hydrogen-bond acceptors (Lipinski definition) is 2. The standard InChI is InChI=1S/C16H21Cl2NO/c1-11-3-2-6-16(8-11)10-19-9-15(20-16)12-4-5-13(17)14(18)7-12/h4-5,7,11,15,19H,2-3,6,8-10H2,1H3. The number of rotatable bonds is 1. The number of nitrogens with one attached hydrogen (secondary N) is 1. The second kappa shape index (κ2) is 5.84. The molecule has 3 atom stereocenters. The molecule has 0 radical (unpaired) electrons. The Balaban J connectivity index is 1.79. The Kier molecular flexibility index (Phi) is 4.28. The summed E-state index contributed by atoms with van der Waals surface area (Å²) in [4.78, 5) is 0. The van der Waals surface area contributed by atoms with Crippen LogP contribution < -0.4 is 5.32 Å². The van der Waals surface area contributed by atoms with Crippen molar-refractivity contribution in [3.05, 3.63) is 33.8 Å². The fourth-order valence-electron chi connectivity index (χ4n) is 3.59. The Morgan fingerprint density at radius 3 is 2.90 bits per heavy atom. The van der Waals surface area contributed by atoms with E-state index in [0.717, 1.165) is 37.4 Å². The maximum absolute atomic E-state index is 6.50. The first-order valence-electron chi connectivity index (χ1n) is 7.41. The lowest BCUT2D eigenvalue weighted by molar-refractivity contribution is -0.143. The average molecular weight is 314 g/mol. The van der Waals surface area contributed by atoms with E-state index in [0.29, 0.717) is 10.0 Å². The fraction of sp³-hybridized carbons (Fsp3) is 0.625. The topological polar surface area (TPSA) is 21.3 Å². The van der Waals surface area contributed by atoms with Crippen molar-refractivity contribution < 1.29 is 4.74 Å². The lowest BCUT2D eigenvalue weighted by atomic mass is 9.77. The molecule has 0 amide bonds. The van der Waals surface area contributed by atoms with Gasteiger partial charge in [-0.25, -0.2) is 0 Å². The summed E-state index contributed by atoms with van der Waals surface area (Å²) in [6, 6.07) is 5.81. The highest BCUT2D eigenvalue weighted by atomic mass is 35.5.